The number of halogens is 3. The number of fused-ring (bicyclic) bond motifs is 3. The van der Waals surface area contributed by atoms with Gasteiger partial charge in [0.2, 0.25) is 0 Å². The summed E-state index contributed by atoms with van der Waals surface area (Å²) in [5.74, 6) is 0.410. The molecule has 0 bridgehead atoms. The Labute approximate surface area is 192 Å². The van der Waals surface area contributed by atoms with Crippen LogP contribution in [0.1, 0.15) is 33.0 Å². The molecule has 1 aliphatic heterocycles. The number of aromatic nitrogens is 2. The van der Waals surface area contributed by atoms with Crippen molar-refractivity contribution in [1.82, 2.24) is 9.55 Å². The summed E-state index contributed by atoms with van der Waals surface area (Å²) in [5, 5.41) is 4.25. The summed E-state index contributed by atoms with van der Waals surface area (Å²) in [6.07, 6.45) is -4.49. The Morgan fingerprint density at radius 3 is 2.56 bits per heavy atom. The van der Waals surface area contributed by atoms with Gasteiger partial charge in [-0.1, -0.05) is 48.5 Å². The van der Waals surface area contributed by atoms with Crippen LogP contribution in [-0.4, -0.2) is 21.9 Å². The summed E-state index contributed by atoms with van der Waals surface area (Å²) in [6.45, 7) is 1.11. The van der Waals surface area contributed by atoms with Gasteiger partial charge in [0, 0.05) is 36.4 Å². The first kappa shape index (κ1) is 21.9. The summed E-state index contributed by atoms with van der Waals surface area (Å²) in [4.78, 5) is 29.3. The molecule has 172 valence electrons. The van der Waals surface area contributed by atoms with Crippen molar-refractivity contribution in [3.8, 4) is 0 Å². The highest BCUT2D eigenvalue weighted by Crippen LogP contribution is 2.31. The fourth-order valence-electron chi connectivity index (χ4n) is 4.33. The number of hydrogen-bond donors (Lipinski definition) is 1. The molecule has 0 radical (unpaired) electrons. The largest absolute Gasteiger partial charge is 0.416 e. The zero-order valence-corrected chi connectivity index (χ0v) is 18.0. The number of anilines is 1. The number of hydrogen-bond acceptors (Lipinski definition) is 4. The molecule has 0 amide bonds. The van der Waals surface area contributed by atoms with Crippen molar-refractivity contribution < 1.29 is 18.0 Å². The van der Waals surface area contributed by atoms with Crippen molar-refractivity contribution >= 4 is 22.5 Å². The van der Waals surface area contributed by atoms with Gasteiger partial charge in [-0.3, -0.25) is 9.36 Å². The third-order valence-corrected chi connectivity index (χ3v) is 6.12. The number of nitrogens with zero attached hydrogens (tertiary/aromatic N) is 2. The summed E-state index contributed by atoms with van der Waals surface area (Å²) in [7, 11) is 0. The van der Waals surface area contributed by atoms with E-state index in [1.807, 2.05) is 36.4 Å². The van der Waals surface area contributed by atoms with Crippen LogP contribution in [0, 0.1) is 0 Å². The molecule has 4 aromatic rings. The first-order valence-corrected chi connectivity index (χ1v) is 10.8. The second-order valence-electron chi connectivity index (χ2n) is 8.37. The molecule has 1 atom stereocenters. The van der Waals surface area contributed by atoms with Crippen LogP contribution in [-0.2, 0) is 19.1 Å². The lowest BCUT2D eigenvalue weighted by Gasteiger charge is -2.28. The SMILES string of the molecule is O=C(Cc1ccc(C2CNc3c4ccccc4nc(=O)n3C2)cc1)c1cccc(C(F)(F)F)c1. The molecular formula is C26H20F3N3O2. The van der Waals surface area contributed by atoms with Gasteiger partial charge in [0.1, 0.15) is 5.82 Å². The Morgan fingerprint density at radius 1 is 1.03 bits per heavy atom. The van der Waals surface area contributed by atoms with Crippen molar-refractivity contribution in [2.45, 2.75) is 25.1 Å². The molecule has 34 heavy (non-hydrogen) atoms. The van der Waals surface area contributed by atoms with Crippen molar-refractivity contribution in [3.05, 3.63) is 106 Å². The van der Waals surface area contributed by atoms with E-state index in [0.717, 1.165) is 28.9 Å². The van der Waals surface area contributed by atoms with Gasteiger partial charge in [-0.25, -0.2) is 4.79 Å². The number of nitrogens with one attached hydrogen (secondary N) is 1. The molecule has 0 saturated carbocycles. The predicted octanol–water partition coefficient (Wildman–Crippen LogP) is 5.05. The van der Waals surface area contributed by atoms with Gasteiger partial charge in [0.15, 0.2) is 5.78 Å². The van der Waals surface area contributed by atoms with E-state index < -0.39 is 11.7 Å². The molecule has 1 unspecified atom stereocenters. The lowest BCUT2D eigenvalue weighted by molar-refractivity contribution is -0.137. The first-order chi connectivity index (χ1) is 16.3. The van der Waals surface area contributed by atoms with Gasteiger partial charge in [-0.05, 0) is 35.4 Å². The lowest BCUT2D eigenvalue weighted by Crippen LogP contribution is -2.35. The maximum absolute atomic E-state index is 12.9. The summed E-state index contributed by atoms with van der Waals surface area (Å²) < 4.78 is 40.4. The zero-order valence-electron chi connectivity index (χ0n) is 18.0. The van der Waals surface area contributed by atoms with E-state index in [4.69, 9.17) is 0 Å². The Balaban J connectivity index is 1.32. The van der Waals surface area contributed by atoms with Gasteiger partial charge in [0.25, 0.3) is 0 Å². The van der Waals surface area contributed by atoms with Gasteiger partial charge in [0.05, 0.1) is 11.1 Å². The second-order valence-corrected chi connectivity index (χ2v) is 8.37. The van der Waals surface area contributed by atoms with Crippen molar-refractivity contribution in [2.75, 3.05) is 11.9 Å². The molecule has 5 rings (SSSR count). The molecule has 0 fully saturated rings. The van der Waals surface area contributed by atoms with E-state index in [2.05, 4.69) is 10.3 Å². The molecule has 5 nitrogen and oxygen atoms in total. The summed E-state index contributed by atoms with van der Waals surface area (Å²) in [6, 6.07) is 19.4. The van der Waals surface area contributed by atoms with Crippen LogP contribution in [0.15, 0.2) is 77.6 Å². The Kier molecular flexibility index (Phi) is 5.43. The smallest absolute Gasteiger partial charge is 0.370 e. The van der Waals surface area contributed by atoms with Crippen LogP contribution in [0.2, 0.25) is 0 Å². The highest BCUT2D eigenvalue weighted by atomic mass is 19.4. The Bertz CT molecular complexity index is 1440. The number of ketones is 1. The van der Waals surface area contributed by atoms with Crippen molar-refractivity contribution in [1.29, 1.82) is 0 Å². The zero-order chi connectivity index (χ0) is 23.9. The Morgan fingerprint density at radius 2 is 1.79 bits per heavy atom. The molecule has 1 aliphatic rings. The van der Waals surface area contributed by atoms with Gasteiger partial charge in [-0.15, -0.1) is 0 Å². The molecule has 3 aromatic carbocycles. The molecule has 0 aliphatic carbocycles. The number of Topliss-reactive ketones (excluding diaryl/α,β-unsaturated/α-hetero) is 1. The minimum Gasteiger partial charge on any atom is -0.370 e. The Hall–Kier alpha value is -3.94. The average Bonchev–Trinajstić information content (AvgIpc) is 2.84. The number of para-hydroxylation sites is 1. The van der Waals surface area contributed by atoms with Crippen LogP contribution in [0.5, 0.6) is 0 Å². The molecule has 2 heterocycles. The minimum atomic E-state index is -4.49. The van der Waals surface area contributed by atoms with E-state index >= 15 is 0 Å². The van der Waals surface area contributed by atoms with Crippen LogP contribution in [0.25, 0.3) is 10.9 Å². The molecular weight excluding hydrogens is 443 g/mol. The predicted molar refractivity (Wildman–Crippen MR) is 123 cm³/mol. The van der Waals surface area contributed by atoms with Crippen molar-refractivity contribution in [2.24, 2.45) is 0 Å². The van der Waals surface area contributed by atoms with Gasteiger partial charge < -0.3 is 5.32 Å². The van der Waals surface area contributed by atoms with E-state index in [-0.39, 0.29) is 29.4 Å². The van der Waals surface area contributed by atoms with Crippen molar-refractivity contribution in [3.63, 3.8) is 0 Å². The van der Waals surface area contributed by atoms with Gasteiger partial charge >= 0.3 is 11.9 Å². The molecule has 0 spiro atoms. The van der Waals surface area contributed by atoms with E-state index in [1.54, 1.807) is 16.7 Å². The average molecular weight is 463 g/mol. The fraction of sp³-hybridized carbons (Fsp3) is 0.192. The molecule has 0 saturated heterocycles. The van der Waals surface area contributed by atoms with E-state index in [0.29, 0.717) is 24.2 Å². The first-order valence-electron chi connectivity index (χ1n) is 10.8. The van der Waals surface area contributed by atoms with Crippen LogP contribution in [0.3, 0.4) is 0 Å². The lowest BCUT2D eigenvalue weighted by atomic mass is 9.94. The standard InChI is InChI=1S/C26H20F3N3O2/c27-26(28,29)20-5-3-4-18(13-20)23(33)12-16-8-10-17(11-9-16)19-14-30-24-21-6-1-2-7-22(21)31-25(34)32(24)15-19/h1-11,13,19,30H,12,14-15H2. The second kappa shape index (κ2) is 8.44. The number of rotatable bonds is 4. The quantitative estimate of drug-likeness (QED) is 0.430. The normalized spacial score (nSPS) is 15.6. The molecule has 8 heteroatoms. The summed E-state index contributed by atoms with van der Waals surface area (Å²) >= 11 is 0. The summed E-state index contributed by atoms with van der Waals surface area (Å²) in [5.41, 5.74) is 1.24. The minimum absolute atomic E-state index is 0.00269. The van der Waals surface area contributed by atoms with E-state index in [9.17, 15) is 22.8 Å². The highest BCUT2D eigenvalue weighted by Gasteiger charge is 2.31. The van der Waals surface area contributed by atoms with Crippen LogP contribution < -0.4 is 11.0 Å². The van der Waals surface area contributed by atoms with Crippen LogP contribution >= 0.6 is 0 Å². The monoisotopic (exact) mass is 463 g/mol. The maximum Gasteiger partial charge on any atom is 0.416 e. The highest BCUT2D eigenvalue weighted by molar-refractivity contribution is 5.97. The molecule has 1 N–H and O–H groups in total. The number of carbonyl (C=O) groups excluding carboxylic acids is 1. The number of carbonyl (C=O) groups is 1. The number of alkyl halides is 3. The van der Waals surface area contributed by atoms with E-state index in [1.165, 1.54) is 12.1 Å². The third-order valence-electron chi connectivity index (χ3n) is 6.12. The van der Waals surface area contributed by atoms with Crippen LogP contribution in [0.4, 0.5) is 19.0 Å². The fourth-order valence-corrected chi connectivity index (χ4v) is 4.33. The number of benzene rings is 3. The topological polar surface area (TPSA) is 64.0 Å². The third kappa shape index (κ3) is 4.19. The van der Waals surface area contributed by atoms with Gasteiger partial charge in [-0.2, -0.15) is 18.2 Å². The maximum atomic E-state index is 12.9. The molecule has 1 aromatic heterocycles.